The number of hydrogen-bond acceptors (Lipinski definition) is 11. The van der Waals surface area contributed by atoms with Gasteiger partial charge in [-0.3, -0.25) is 13.9 Å². The number of sulfonamides is 1. The molecule has 2 N–H and O–H groups in total. The summed E-state index contributed by atoms with van der Waals surface area (Å²) in [7, 11) is -6.66. The standard InChI is InChI=1S/C16H18N6O8S2/c1-4-30-32(26,27)13-14(22-8-6-5-7-10(22)17-13)31(24,25)21-16(23)20-15-18-11(28-2)9-12(19-15)29-3/h5-9H,4H2,1-3H3,(H2,18,19,20,21,23). The van der Waals surface area contributed by atoms with Gasteiger partial charge in [-0.2, -0.15) is 26.8 Å². The largest absolute Gasteiger partial charge is 0.481 e. The Hall–Kier alpha value is -3.50. The number of methoxy groups -OCH3 is 2. The zero-order valence-electron chi connectivity index (χ0n) is 17.0. The van der Waals surface area contributed by atoms with Crippen molar-refractivity contribution >= 4 is 37.8 Å². The number of nitrogens with one attached hydrogen (secondary N) is 2. The third-order valence-corrected chi connectivity index (χ3v) is 6.56. The lowest BCUT2D eigenvalue weighted by Crippen LogP contribution is -2.36. The maximum absolute atomic E-state index is 13.0. The van der Waals surface area contributed by atoms with E-state index in [1.165, 1.54) is 51.6 Å². The molecule has 3 aromatic rings. The molecule has 0 radical (unpaired) electrons. The summed E-state index contributed by atoms with van der Waals surface area (Å²) in [4.78, 5) is 23.9. The van der Waals surface area contributed by atoms with Gasteiger partial charge < -0.3 is 9.47 Å². The molecule has 3 heterocycles. The Kier molecular flexibility index (Phi) is 6.47. The summed E-state index contributed by atoms with van der Waals surface area (Å²) in [5.74, 6) is -0.238. The van der Waals surface area contributed by atoms with Crippen LogP contribution in [0.25, 0.3) is 5.65 Å². The molecule has 14 nitrogen and oxygen atoms in total. The van der Waals surface area contributed by atoms with E-state index < -0.39 is 36.2 Å². The van der Waals surface area contributed by atoms with Crippen molar-refractivity contribution in [3.8, 4) is 11.8 Å². The van der Waals surface area contributed by atoms with Gasteiger partial charge >= 0.3 is 16.1 Å². The highest BCUT2D eigenvalue weighted by atomic mass is 32.2. The minimum absolute atomic E-state index is 0.00688. The zero-order valence-corrected chi connectivity index (χ0v) is 18.6. The van der Waals surface area contributed by atoms with E-state index in [9.17, 15) is 21.6 Å². The molecule has 3 rings (SSSR count). The monoisotopic (exact) mass is 486 g/mol. The maximum Gasteiger partial charge on any atom is 0.335 e. The van der Waals surface area contributed by atoms with E-state index in [1.807, 2.05) is 0 Å². The average Bonchev–Trinajstić information content (AvgIpc) is 3.14. The van der Waals surface area contributed by atoms with Crippen LogP contribution in [0.2, 0.25) is 0 Å². The third kappa shape index (κ3) is 4.71. The molecule has 0 aromatic carbocycles. The highest BCUT2D eigenvalue weighted by Crippen LogP contribution is 2.24. The number of pyridine rings is 1. The van der Waals surface area contributed by atoms with Crippen LogP contribution in [0.5, 0.6) is 11.8 Å². The van der Waals surface area contributed by atoms with Crippen LogP contribution in [0.3, 0.4) is 0 Å². The summed E-state index contributed by atoms with van der Waals surface area (Å²) in [6.07, 6.45) is 1.27. The van der Waals surface area contributed by atoms with Crippen LogP contribution in [0.1, 0.15) is 6.92 Å². The van der Waals surface area contributed by atoms with Gasteiger partial charge in [-0.25, -0.2) is 14.5 Å². The quantitative estimate of drug-likeness (QED) is 0.420. The molecule has 0 atom stereocenters. The Morgan fingerprint density at radius 2 is 1.72 bits per heavy atom. The van der Waals surface area contributed by atoms with Crippen molar-refractivity contribution in [2.24, 2.45) is 0 Å². The number of urea groups is 1. The summed E-state index contributed by atoms with van der Waals surface area (Å²) in [5.41, 5.74) is 0.00688. The fraction of sp³-hybridized carbons (Fsp3) is 0.250. The fourth-order valence-corrected chi connectivity index (χ4v) is 5.19. The number of rotatable bonds is 8. The molecule has 0 aliphatic heterocycles. The number of nitrogens with zero attached hydrogens (tertiary/aromatic N) is 4. The van der Waals surface area contributed by atoms with E-state index in [0.717, 1.165) is 4.40 Å². The Morgan fingerprint density at radius 3 is 2.31 bits per heavy atom. The first kappa shape index (κ1) is 23.2. The van der Waals surface area contributed by atoms with Crippen molar-refractivity contribution in [2.75, 3.05) is 26.1 Å². The van der Waals surface area contributed by atoms with Gasteiger partial charge in [0.2, 0.25) is 27.8 Å². The van der Waals surface area contributed by atoms with Crippen molar-refractivity contribution in [3.05, 3.63) is 30.5 Å². The van der Waals surface area contributed by atoms with Gasteiger partial charge in [-0.05, 0) is 19.1 Å². The number of aromatic nitrogens is 4. The van der Waals surface area contributed by atoms with Gasteiger partial charge in [0, 0.05) is 6.20 Å². The first-order valence-corrected chi connectivity index (χ1v) is 11.7. The molecule has 0 bridgehead atoms. The molecule has 0 spiro atoms. The van der Waals surface area contributed by atoms with Gasteiger partial charge in [-0.15, -0.1) is 0 Å². The lowest BCUT2D eigenvalue weighted by atomic mass is 10.5. The van der Waals surface area contributed by atoms with Crippen LogP contribution in [0.15, 0.2) is 40.5 Å². The molecule has 0 aliphatic rings. The molecule has 0 saturated carbocycles. The van der Waals surface area contributed by atoms with Crippen LogP contribution in [-0.2, 0) is 24.3 Å². The Balaban J connectivity index is 1.99. The minimum Gasteiger partial charge on any atom is -0.481 e. The molecule has 0 aliphatic carbocycles. The van der Waals surface area contributed by atoms with Crippen molar-refractivity contribution in [1.29, 1.82) is 0 Å². The molecular weight excluding hydrogens is 468 g/mol. The highest BCUT2D eigenvalue weighted by molar-refractivity contribution is 7.91. The smallest absolute Gasteiger partial charge is 0.335 e. The number of imidazole rings is 1. The van der Waals surface area contributed by atoms with Crippen molar-refractivity contribution < 1.29 is 35.3 Å². The van der Waals surface area contributed by atoms with Crippen molar-refractivity contribution in [2.45, 2.75) is 17.0 Å². The average molecular weight is 486 g/mol. The van der Waals surface area contributed by atoms with Crippen LogP contribution in [0, 0.1) is 0 Å². The first-order chi connectivity index (χ1) is 15.1. The molecule has 0 saturated heterocycles. The number of carbonyl (C=O) groups is 1. The van der Waals surface area contributed by atoms with Crippen LogP contribution in [0.4, 0.5) is 10.7 Å². The summed E-state index contributed by atoms with van der Waals surface area (Å²) < 4.78 is 68.2. The Morgan fingerprint density at radius 1 is 1.06 bits per heavy atom. The van der Waals surface area contributed by atoms with E-state index >= 15 is 0 Å². The highest BCUT2D eigenvalue weighted by Gasteiger charge is 2.34. The van der Waals surface area contributed by atoms with Crippen LogP contribution < -0.4 is 19.5 Å². The molecular formula is C16H18N6O8S2. The second kappa shape index (κ2) is 8.93. The van der Waals surface area contributed by atoms with Gasteiger partial charge in [-0.1, -0.05) is 6.07 Å². The van der Waals surface area contributed by atoms with E-state index in [4.69, 9.17) is 9.47 Å². The van der Waals surface area contributed by atoms with Gasteiger partial charge in [0.15, 0.2) is 0 Å². The first-order valence-electron chi connectivity index (χ1n) is 8.78. The normalized spacial score (nSPS) is 11.8. The number of amides is 2. The Labute approximate surface area is 182 Å². The summed E-state index contributed by atoms with van der Waals surface area (Å²) in [6, 6.07) is 4.44. The maximum atomic E-state index is 13.0. The van der Waals surface area contributed by atoms with Crippen molar-refractivity contribution in [3.63, 3.8) is 0 Å². The third-order valence-electron chi connectivity index (χ3n) is 3.77. The SMILES string of the molecule is CCOS(=O)(=O)c1nc2ccccn2c1S(=O)(=O)NC(=O)Nc1nc(OC)cc(OC)n1. The van der Waals surface area contributed by atoms with E-state index in [2.05, 4.69) is 24.5 Å². The van der Waals surface area contributed by atoms with Crippen molar-refractivity contribution in [1.82, 2.24) is 24.1 Å². The lowest BCUT2D eigenvalue weighted by molar-refractivity contribution is 0.256. The Bertz CT molecular complexity index is 1350. The zero-order chi connectivity index (χ0) is 23.5. The summed E-state index contributed by atoms with van der Waals surface area (Å²) in [5, 5.41) is 0.444. The lowest BCUT2D eigenvalue weighted by Gasteiger charge is -2.10. The molecule has 0 unspecified atom stereocenters. The molecule has 172 valence electrons. The molecule has 3 aromatic heterocycles. The van der Waals surface area contributed by atoms with Gasteiger partial charge in [0.25, 0.3) is 10.0 Å². The number of hydrogen-bond donors (Lipinski definition) is 2. The second-order valence-electron chi connectivity index (χ2n) is 5.85. The number of anilines is 1. The summed E-state index contributed by atoms with van der Waals surface area (Å²) in [6.45, 7) is 1.16. The number of fused-ring (bicyclic) bond motifs is 1. The van der Waals surface area contributed by atoms with E-state index in [0.29, 0.717) is 0 Å². The predicted molar refractivity (Wildman–Crippen MR) is 108 cm³/mol. The number of ether oxygens (including phenoxy) is 2. The van der Waals surface area contributed by atoms with Crippen LogP contribution in [-0.4, -0.2) is 63.0 Å². The fourth-order valence-electron chi connectivity index (χ4n) is 2.54. The van der Waals surface area contributed by atoms with Crippen LogP contribution >= 0.6 is 0 Å². The molecule has 32 heavy (non-hydrogen) atoms. The second-order valence-corrected chi connectivity index (χ2v) is 8.98. The molecule has 16 heteroatoms. The van der Waals surface area contributed by atoms with Gasteiger partial charge in [0.1, 0.15) is 5.65 Å². The molecule has 2 amide bonds. The predicted octanol–water partition coefficient (Wildman–Crippen LogP) is 0.377. The van der Waals surface area contributed by atoms with E-state index in [1.54, 1.807) is 4.72 Å². The summed E-state index contributed by atoms with van der Waals surface area (Å²) >= 11 is 0. The van der Waals surface area contributed by atoms with Gasteiger partial charge in [0.05, 0.1) is 26.9 Å². The minimum atomic E-state index is -4.77. The van der Waals surface area contributed by atoms with E-state index in [-0.39, 0.29) is 30.0 Å². The topological polar surface area (TPSA) is 180 Å². The number of carbonyl (C=O) groups excluding carboxylic acids is 1. The molecule has 0 fully saturated rings.